The lowest BCUT2D eigenvalue weighted by molar-refractivity contribution is -0.137. The van der Waals surface area contributed by atoms with Gasteiger partial charge in [-0.05, 0) is 30.2 Å². The van der Waals surface area contributed by atoms with E-state index in [0.717, 1.165) is 12.0 Å². The van der Waals surface area contributed by atoms with Gasteiger partial charge in [0.2, 0.25) is 0 Å². The molecule has 2 aliphatic rings. The summed E-state index contributed by atoms with van der Waals surface area (Å²) in [7, 11) is 0. The minimum absolute atomic E-state index is 0.209. The number of anilines is 1. The van der Waals surface area contributed by atoms with Gasteiger partial charge < -0.3 is 15.8 Å². The van der Waals surface area contributed by atoms with E-state index >= 15 is 0 Å². The summed E-state index contributed by atoms with van der Waals surface area (Å²) in [6.45, 7) is 0.832. The largest absolute Gasteiger partial charge is 0.417 e. The smallest absolute Gasteiger partial charge is 0.386 e. The molecule has 1 saturated carbocycles. The van der Waals surface area contributed by atoms with Crippen molar-refractivity contribution in [3.05, 3.63) is 58.4 Å². The first kappa shape index (κ1) is 19.7. The number of benzene rings is 1. The molecule has 152 valence electrons. The Morgan fingerprint density at radius 2 is 2.14 bits per heavy atom. The molecule has 2 unspecified atom stereocenters. The molecule has 10 heteroatoms. The molecule has 2 atom stereocenters. The molecule has 1 fully saturated rings. The fourth-order valence-corrected chi connectivity index (χ4v) is 3.73. The highest BCUT2D eigenvalue weighted by Gasteiger charge is 2.56. The monoisotopic (exact) mass is 424 g/mol. The third-order valence-corrected chi connectivity index (χ3v) is 5.28. The van der Waals surface area contributed by atoms with Gasteiger partial charge in [-0.1, -0.05) is 23.7 Å². The third kappa shape index (κ3) is 3.79. The number of amidine groups is 1. The first-order chi connectivity index (χ1) is 13.7. The molecule has 2 heterocycles. The van der Waals surface area contributed by atoms with Crippen LogP contribution in [0.1, 0.15) is 28.0 Å². The van der Waals surface area contributed by atoms with E-state index in [1.165, 1.54) is 0 Å². The van der Waals surface area contributed by atoms with Crippen molar-refractivity contribution in [1.29, 1.82) is 0 Å². The second-order valence-corrected chi connectivity index (χ2v) is 7.44. The molecule has 6 nitrogen and oxygen atoms in total. The van der Waals surface area contributed by atoms with Gasteiger partial charge in [0.05, 0.1) is 22.7 Å². The Labute approximate surface area is 168 Å². The van der Waals surface area contributed by atoms with Crippen molar-refractivity contribution >= 4 is 29.0 Å². The lowest BCUT2D eigenvalue weighted by atomic mass is 10.0. The number of halogens is 4. The highest BCUT2D eigenvalue weighted by atomic mass is 35.5. The highest BCUT2D eigenvalue weighted by molar-refractivity contribution is 6.34. The SMILES string of the molecule is NC1=NC2(c3cccc(NC(=O)c4ncc(C(F)(F)F)cc4Cl)c3)CC2COC1. The van der Waals surface area contributed by atoms with Crippen molar-refractivity contribution in [2.24, 2.45) is 16.6 Å². The molecule has 3 N–H and O–H groups in total. The summed E-state index contributed by atoms with van der Waals surface area (Å²) in [5.74, 6) is -0.0846. The van der Waals surface area contributed by atoms with E-state index in [1.807, 2.05) is 6.07 Å². The molecule has 2 aromatic rings. The van der Waals surface area contributed by atoms with Gasteiger partial charge in [0.25, 0.3) is 5.91 Å². The summed E-state index contributed by atoms with van der Waals surface area (Å²) in [4.78, 5) is 20.6. The van der Waals surface area contributed by atoms with Crippen molar-refractivity contribution in [3.63, 3.8) is 0 Å². The Hall–Kier alpha value is -2.65. The van der Waals surface area contributed by atoms with E-state index < -0.39 is 23.2 Å². The van der Waals surface area contributed by atoms with Gasteiger partial charge in [0.1, 0.15) is 18.1 Å². The number of aromatic nitrogens is 1. The number of rotatable bonds is 3. The Balaban J connectivity index is 1.56. The van der Waals surface area contributed by atoms with Crippen LogP contribution in [0.5, 0.6) is 0 Å². The van der Waals surface area contributed by atoms with Gasteiger partial charge in [-0.15, -0.1) is 0 Å². The number of alkyl halides is 3. The van der Waals surface area contributed by atoms with Crippen molar-refractivity contribution in [2.75, 3.05) is 18.5 Å². The van der Waals surface area contributed by atoms with Crippen LogP contribution in [-0.2, 0) is 16.5 Å². The van der Waals surface area contributed by atoms with Crippen LogP contribution in [0.2, 0.25) is 5.02 Å². The summed E-state index contributed by atoms with van der Waals surface area (Å²) >= 11 is 5.84. The number of carbonyl (C=O) groups excluding carboxylic acids is 1. The number of pyridine rings is 1. The van der Waals surface area contributed by atoms with Crippen LogP contribution in [0.3, 0.4) is 0 Å². The number of nitrogens with zero attached hydrogens (tertiary/aromatic N) is 2. The number of hydrogen-bond acceptors (Lipinski definition) is 5. The molecule has 1 aromatic carbocycles. The van der Waals surface area contributed by atoms with Gasteiger partial charge in [-0.25, -0.2) is 4.98 Å². The van der Waals surface area contributed by atoms with E-state index in [1.54, 1.807) is 18.2 Å². The summed E-state index contributed by atoms with van der Waals surface area (Å²) < 4.78 is 43.7. The van der Waals surface area contributed by atoms with E-state index in [-0.39, 0.29) is 23.2 Å². The summed E-state index contributed by atoms with van der Waals surface area (Å²) in [5.41, 5.74) is 5.42. The highest BCUT2D eigenvalue weighted by Crippen LogP contribution is 2.56. The maximum absolute atomic E-state index is 12.7. The Morgan fingerprint density at radius 1 is 1.34 bits per heavy atom. The Bertz CT molecular complexity index is 1010. The van der Waals surface area contributed by atoms with Crippen LogP contribution >= 0.6 is 11.6 Å². The number of nitrogens with one attached hydrogen (secondary N) is 1. The fraction of sp³-hybridized carbons (Fsp3) is 0.316. The topological polar surface area (TPSA) is 89.6 Å². The first-order valence-electron chi connectivity index (χ1n) is 8.75. The molecule has 0 saturated heterocycles. The predicted octanol–water partition coefficient (Wildman–Crippen LogP) is 3.61. The van der Waals surface area contributed by atoms with Crippen molar-refractivity contribution in [3.8, 4) is 0 Å². The van der Waals surface area contributed by atoms with E-state index in [2.05, 4.69) is 15.3 Å². The average Bonchev–Trinajstić information content (AvgIpc) is 3.36. The predicted molar refractivity (Wildman–Crippen MR) is 101 cm³/mol. The van der Waals surface area contributed by atoms with Gasteiger partial charge in [0.15, 0.2) is 0 Å². The Kier molecular flexibility index (Phi) is 4.74. The molecule has 1 aliphatic heterocycles. The number of aliphatic imine (C=N–C) groups is 1. The summed E-state index contributed by atoms with van der Waals surface area (Å²) in [5, 5.41) is 2.24. The van der Waals surface area contributed by atoms with E-state index in [0.29, 0.717) is 30.4 Å². The molecule has 4 rings (SSSR count). The molecule has 0 spiro atoms. The minimum atomic E-state index is -4.59. The molecular weight excluding hydrogens is 409 g/mol. The number of fused-ring (bicyclic) bond motifs is 1. The minimum Gasteiger partial charge on any atom is -0.386 e. The average molecular weight is 425 g/mol. The summed E-state index contributed by atoms with van der Waals surface area (Å²) in [6.07, 6.45) is -3.23. The number of ether oxygens (including phenoxy) is 1. The van der Waals surface area contributed by atoms with Crippen LogP contribution in [0.25, 0.3) is 0 Å². The molecule has 1 aromatic heterocycles. The molecule has 0 radical (unpaired) electrons. The number of nitrogens with two attached hydrogens (primary N) is 1. The summed E-state index contributed by atoms with van der Waals surface area (Å²) in [6, 6.07) is 7.75. The van der Waals surface area contributed by atoms with Crippen molar-refractivity contribution < 1.29 is 22.7 Å². The maximum atomic E-state index is 12.7. The van der Waals surface area contributed by atoms with Gasteiger partial charge >= 0.3 is 6.18 Å². The number of hydrogen-bond donors (Lipinski definition) is 2. The molecule has 0 bridgehead atoms. The first-order valence-corrected chi connectivity index (χ1v) is 9.13. The second kappa shape index (κ2) is 7.00. The lowest BCUT2D eigenvalue weighted by Crippen LogP contribution is -2.20. The van der Waals surface area contributed by atoms with Gasteiger partial charge in [-0.2, -0.15) is 13.2 Å². The Morgan fingerprint density at radius 3 is 2.86 bits per heavy atom. The molecule has 29 heavy (non-hydrogen) atoms. The van der Waals surface area contributed by atoms with Crippen molar-refractivity contribution in [2.45, 2.75) is 18.1 Å². The fourth-order valence-electron chi connectivity index (χ4n) is 3.48. The zero-order valence-corrected chi connectivity index (χ0v) is 15.7. The molecule has 1 amide bonds. The second-order valence-electron chi connectivity index (χ2n) is 7.03. The molecular formula is C19H16ClF3N4O2. The zero-order chi connectivity index (χ0) is 20.8. The van der Waals surface area contributed by atoms with Gasteiger partial charge in [0, 0.05) is 17.8 Å². The van der Waals surface area contributed by atoms with Crippen LogP contribution in [-0.4, -0.2) is 29.9 Å². The quantitative estimate of drug-likeness (QED) is 0.787. The third-order valence-electron chi connectivity index (χ3n) is 4.99. The van der Waals surface area contributed by atoms with Crippen LogP contribution in [0.15, 0.2) is 41.5 Å². The van der Waals surface area contributed by atoms with Crippen LogP contribution < -0.4 is 11.1 Å². The van der Waals surface area contributed by atoms with Crippen molar-refractivity contribution in [1.82, 2.24) is 4.98 Å². The normalized spacial score (nSPS) is 23.6. The van der Waals surface area contributed by atoms with E-state index in [4.69, 9.17) is 22.1 Å². The van der Waals surface area contributed by atoms with Gasteiger partial charge in [-0.3, -0.25) is 9.79 Å². The standard InChI is InChI=1S/C19H16ClF3N4O2/c20-14-5-11(19(21,22)23)7-25-16(14)17(28)26-13-3-1-2-10(4-13)18-6-12(18)8-29-9-15(24)27-18/h1-5,7,12H,6,8-9H2,(H2,24,27)(H,26,28). The maximum Gasteiger partial charge on any atom is 0.417 e. The zero-order valence-electron chi connectivity index (χ0n) is 15.0. The number of amides is 1. The van der Waals surface area contributed by atoms with E-state index in [9.17, 15) is 18.0 Å². The van der Waals surface area contributed by atoms with Crippen LogP contribution in [0, 0.1) is 5.92 Å². The van der Waals surface area contributed by atoms with Crippen LogP contribution in [0.4, 0.5) is 18.9 Å². The lowest BCUT2D eigenvalue weighted by Gasteiger charge is -2.14. The number of carbonyl (C=O) groups is 1. The molecule has 1 aliphatic carbocycles.